The Balaban J connectivity index is 2.46. The van der Waals surface area contributed by atoms with E-state index in [2.05, 4.69) is 14.7 Å². The minimum atomic E-state index is -4.04. The second-order valence-corrected chi connectivity index (χ2v) is 7.16. The maximum atomic E-state index is 12.1. The fourth-order valence-corrected chi connectivity index (χ4v) is 3.34. The molecule has 0 aliphatic carbocycles. The molecule has 0 amide bonds. The lowest BCUT2D eigenvalue weighted by molar-refractivity contribution is 0.597. The lowest BCUT2D eigenvalue weighted by Gasteiger charge is -2.09. The molecule has 8 nitrogen and oxygen atoms in total. The van der Waals surface area contributed by atoms with E-state index in [-0.39, 0.29) is 15.6 Å². The number of anilines is 1. The number of aromatic nitrogens is 2. The zero-order valence-corrected chi connectivity index (χ0v) is 12.0. The van der Waals surface area contributed by atoms with Crippen LogP contribution < -0.4 is 9.86 Å². The third-order valence-electron chi connectivity index (χ3n) is 2.41. The standard InChI is InChI=1S/C10H12N4O4S2/c1-7-12-6-10(13-7)20(17,18)14-8-4-2-3-5-9(8)19(11,15)16/h2-6,14H,1H3,(H,12,13)(H2,11,15,16). The van der Waals surface area contributed by atoms with Gasteiger partial charge in [-0.1, -0.05) is 12.1 Å². The molecular formula is C10H12N4O4S2. The van der Waals surface area contributed by atoms with Gasteiger partial charge in [-0.05, 0) is 19.1 Å². The molecular weight excluding hydrogens is 304 g/mol. The van der Waals surface area contributed by atoms with Crippen LogP contribution in [0.15, 0.2) is 40.4 Å². The van der Waals surface area contributed by atoms with Gasteiger partial charge in [0.2, 0.25) is 10.0 Å². The van der Waals surface area contributed by atoms with E-state index in [1.165, 1.54) is 24.3 Å². The van der Waals surface area contributed by atoms with Crippen molar-refractivity contribution in [1.82, 2.24) is 9.97 Å². The molecule has 0 aliphatic heterocycles. The van der Waals surface area contributed by atoms with Gasteiger partial charge in [0.1, 0.15) is 10.7 Å². The number of hydrogen-bond acceptors (Lipinski definition) is 5. The fourth-order valence-electron chi connectivity index (χ4n) is 1.53. The van der Waals surface area contributed by atoms with Crippen LogP contribution in [-0.2, 0) is 20.0 Å². The van der Waals surface area contributed by atoms with Crippen molar-refractivity contribution in [3.8, 4) is 0 Å². The first-order valence-corrected chi connectivity index (χ1v) is 8.39. The number of sulfonamides is 2. The molecule has 1 heterocycles. The molecule has 0 radical (unpaired) electrons. The summed E-state index contributed by atoms with van der Waals surface area (Å²) in [5.74, 6) is 0.421. The van der Waals surface area contributed by atoms with Crippen LogP contribution in [0.4, 0.5) is 5.69 Å². The largest absolute Gasteiger partial charge is 0.332 e. The molecule has 108 valence electrons. The van der Waals surface area contributed by atoms with E-state index < -0.39 is 20.0 Å². The summed E-state index contributed by atoms with van der Waals surface area (Å²) in [4.78, 5) is 6.02. The summed E-state index contributed by atoms with van der Waals surface area (Å²) in [7, 11) is -8.00. The van der Waals surface area contributed by atoms with Crippen LogP contribution in [0, 0.1) is 6.92 Å². The third-order valence-corrected chi connectivity index (χ3v) is 4.65. The first-order chi connectivity index (χ1) is 9.20. The van der Waals surface area contributed by atoms with E-state index in [0.717, 1.165) is 6.20 Å². The molecule has 2 aromatic rings. The fraction of sp³-hybridized carbons (Fsp3) is 0.100. The zero-order chi connectivity index (χ0) is 15.0. The molecule has 2 rings (SSSR count). The molecule has 10 heteroatoms. The number of aromatic amines is 1. The highest BCUT2D eigenvalue weighted by Crippen LogP contribution is 2.22. The van der Waals surface area contributed by atoms with Gasteiger partial charge in [0.15, 0.2) is 5.03 Å². The Kier molecular flexibility index (Phi) is 3.54. The molecule has 0 saturated carbocycles. The number of nitrogens with one attached hydrogen (secondary N) is 2. The van der Waals surface area contributed by atoms with E-state index in [9.17, 15) is 16.8 Å². The number of primary sulfonamides is 1. The van der Waals surface area contributed by atoms with Gasteiger partial charge in [0.25, 0.3) is 10.0 Å². The maximum absolute atomic E-state index is 12.1. The molecule has 0 fully saturated rings. The van der Waals surface area contributed by atoms with E-state index >= 15 is 0 Å². The number of aryl methyl sites for hydroxylation is 1. The highest BCUT2D eigenvalue weighted by molar-refractivity contribution is 7.93. The number of para-hydroxylation sites is 1. The van der Waals surface area contributed by atoms with Crippen LogP contribution in [0.25, 0.3) is 0 Å². The Morgan fingerprint density at radius 1 is 1.20 bits per heavy atom. The van der Waals surface area contributed by atoms with Crippen molar-refractivity contribution in [2.45, 2.75) is 16.8 Å². The van der Waals surface area contributed by atoms with Gasteiger partial charge in [-0.3, -0.25) is 4.72 Å². The van der Waals surface area contributed by atoms with E-state index in [1.807, 2.05) is 0 Å². The van der Waals surface area contributed by atoms with Crippen LogP contribution in [0.3, 0.4) is 0 Å². The van der Waals surface area contributed by atoms with Crippen LogP contribution in [-0.4, -0.2) is 26.8 Å². The summed E-state index contributed by atoms with van der Waals surface area (Å²) in [5, 5.41) is 4.87. The number of rotatable bonds is 4. The van der Waals surface area contributed by atoms with Crippen molar-refractivity contribution < 1.29 is 16.8 Å². The SMILES string of the molecule is Cc1ncc(S(=O)(=O)Nc2ccccc2S(N)(=O)=O)[nH]1. The van der Waals surface area contributed by atoms with E-state index in [0.29, 0.717) is 5.82 Å². The smallest absolute Gasteiger partial charge is 0.279 e. The second kappa shape index (κ2) is 4.89. The summed E-state index contributed by atoms with van der Waals surface area (Å²) in [6.45, 7) is 1.59. The van der Waals surface area contributed by atoms with Crippen molar-refractivity contribution in [3.63, 3.8) is 0 Å². The lowest BCUT2D eigenvalue weighted by atomic mass is 10.3. The van der Waals surface area contributed by atoms with Gasteiger partial charge in [0, 0.05) is 0 Å². The summed E-state index contributed by atoms with van der Waals surface area (Å²) in [5.41, 5.74) is -0.123. The topological polar surface area (TPSA) is 135 Å². The Labute approximate surface area is 116 Å². The number of H-pyrrole nitrogens is 1. The summed E-state index contributed by atoms with van der Waals surface area (Å²) >= 11 is 0. The highest BCUT2D eigenvalue weighted by Gasteiger charge is 2.21. The van der Waals surface area contributed by atoms with Crippen molar-refractivity contribution in [2.24, 2.45) is 5.14 Å². The average Bonchev–Trinajstić information content (AvgIpc) is 2.75. The minimum absolute atomic E-state index is 0.123. The molecule has 1 aromatic carbocycles. The normalized spacial score (nSPS) is 12.3. The number of benzene rings is 1. The van der Waals surface area contributed by atoms with Crippen molar-refractivity contribution >= 4 is 25.7 Å². The molecule has 0 saturated heterocycles. The summed E-state index contributed by atoms with van der Waals surface area (Å²) < 4.78 is 49.1. The van der Waals surface area contributed by atoms with Crippen molar-refractivity contribution in [2.75, 3.05) is 4.72 Å². The van der Waals surface area contributed by atoms with Crippen molar-refractivity contribution in [1.29, 1.82) is 0 Å². The monoisotopic (exact) mass is 316 g/mol. The van der Waals surface area contributed by atoms with Gasteiger partial charge >= 0.3 is 0 Å². The van der Waals surface area contributed by atoms with Gasteiger partial charge in [-0.2, -0.15) is 8.42 Å². The first-order valence-electron chi connectivity index (χ1n) is 5.36. The van der Waals surface area contributed by atoms with Crippen LogP contribution in [0.1, 0.15) is 5.82 Å². The van der Waals surface area contributed by atoms with E-state index in [4.69, 9.17) is 5.14 Å². The van der Waals surface area contributed by atoms with Gasteiger partial charge < -0.3 is 4.98 Å². The van der Waals surface area contributed by atoms with Crippen LogP contribution in [0.2, 0.25) is 0 Å². The molecule has 0 unspecified atom stereocenters. The Hall–Kier alpha value is -1.91. The van der Waals surface area contributed by atoms with E-state index in [1.54, 1.807) is 6.92 Å². The van der Waals surface area contributed by atoms with Gasteiger partial charge in [-0.25, -0.2) is 18.5 Å². The quantitative estimate of drug-likeness (QED) is 0.738. The third kappa shape index (κ3) is 2.98. The Morgan fingerprint density at radius 3 is 2.40 bits per heavy atom. The molecule has 0 spiro atoms. The molecule has 1 aromatic heterocycles. The Bertz CT molecular complexity index is 840. The highest BCUT2D eigenvalue weighted by atomic mass is 32.2. The van der Waals surface area contributed by atoms with Crippen LogP contribution in [0.5, 0.6) is 0 Å². The number of nitrogens with two attached hydrogens (primary N) is 1. The average molecular weight is 316 g/mol. The molecule has 0 atom stereocenters. The zero-order valence-electron chi connectivity index (χ0n) is 10.4. The summed E-state index contributed by atoms with van der Waals surface area (Å²) in [6.07, 6.45) is 1.14. The minimum Gasteiger partial charge on any atom is -0.332 e. The summed E-state index contributed by atoms with van der Waals surface area (Å²) in [6, 6.07) is 5.45. The number of hydrogen-bond donors (Lipinski definition) is 3. The molecule has 0 aliphatic rings. The van der Waals surface area contributed by atoms with Crippen LogP contribution >= 0.6 is 0 Å². The predicted molar refractivity (Wildman–Crippen MR) is 71.9 cm³/mol. The molecule has 0 bridgehead atoms. The predicted octanol–water partition coefficient (Wildman–Crippen LogP) is 0.166. The lowest BCUT2D eigenvalue weighted by Crippen LogP contribution is -2.19. The molecule has 4 N–H and O–H groups in total. The number of imidazole rings is 1. The van der Waals surface area contributed by atoms with Crippen molar-refractivity contribution in [3.05, 3.63) is 36.3 Å². The first kappa shape index (κ1) is 14.5. The maximum Gasteiger partial charge on any atom is 0.279 e. The molecule has 20 heavy (non-hydrogen) atoms. The number of nitrogens with zero attached hydrogens (tertiary/aromatic N) is 1. The Morgan fingerprint density at radius 2 is 1.85 bits per heavy atom. The second-order valence-electron chi connectivity index (χ2n) is 3.98. The van der Waals surface area contributed by atoms with Gasteiger partial charge in [-0.15, -0.1) is 0 Å². The van der Waals surface area contributed by atoms with Gasteiger partial charge in [0.05, 0.1) is 11.9 Å².